The number of carboxylic acid groups (broad SMARTS) is 1. The summed E-state index contributed by atoms with van der Waals surface area (Å²) in [5, 5.41) is 10.2. The molecule has 0 fully saturated rings. The molecular formula is C30H57NO2. The second kappa shape index (κ2) is 26.9. The molecule has 0 aromatic carbocycles. The minimum absolute atomic E-state index is 0.208. The van der Waals surface area contributed by atoms with Gasteiger partial charge in [0.1, 0.15) is 0 Å². The van der Waals surface area contributed by atoms with Gasteiger partial charge in [-0.1, -0.05) is 90.3 Å². The summed E-state index contributed by atoms with van der Waals surface area (Å²) in [6.45, 7) is 16.9. The lowest BCUT2D eigenvalue weighted by molar-refractivity contribution is -0.928. The number of rotatable bonds is 21. The third-order valence-electron chi connectivity index (χ3n) is 5.82. The second-order valence-electron chi connectivity index (χ2n) is 9.21. The number of hydrogen-bond acceptors (Lipinski definition) is 2. The van der Waals surface area contributed by atoms with Gasteiger partial charge in [-0.05, 0) is 70.6 Å². The van der Waals surface area contributed by atoms with E-state index >= 15 is 0 Å². The van der Waals surface area contributed by atoms with Gasteiger partial charge in [-0.3, -0.25) is 0 Å². The van der Waals surface area contributed by atoms with E-state index in [1.165, 1.54) is 69.2 Å². The zero-order chi connectivity index (χ0) is 25.0. The number of carboxylic acids is 1. The van der Waals surface area contributed by atoms with Crippen LogP contribution in [-0.2, 0) is 4.79 Å². The van der Waals surface area contributed by atoms with Crippen LogP contribution >= 0.6 is 0 Å². The number of nitrogens with zero attached hydrogens (tertiary/aromatic N) is 1. The van der Waals surface area contributed by atoms with Crippen LogP contribution in [0, 0.1) is 0 Å². The standard InChI is InChI=1S/C18H30O2.C12H28N/c1-2-3-4-5-6-7-8-9-10-11-12-13-14-15-16-17-18(19)20;1-5-9-13(10-6-2,11-7-3)12-8-4/h3-4,6-7,9-10H,2,5,8,11-17H2,1H3,(H,19,20);5-12H2,1-4H3/q;+1/p-1/b4-3-,7-6-,10-9-;. The molecular weight excluding hydrogens is 406 g/mol. The minimum atomic E-state index is -0.925. The van der Waals surface area contributed by atoms with Crippen molar-refractivity contribution in [2.75, 3.05) is 26.2 Å². The molecule has 0 aliphatic rings. The van der Waals surface area contributed by atoms with Crippen molar-refractivity contribution < 1.29 is 14.4 Å². The van der Waals surface area contributed by atoms with Gasteiger partial charge in [0.25, 0.3) is 0 Å². The Hall–Kier alpha value is -1.35. The average Bonchev–Trinajstić information content (AvgIpc) is 2.77. The summed E-state index contributed by atoms with van der Waals surface area (Å²) >= 11 is 0. The van der Waals surface area contributed by atoms with Crippen molar-refractivity contribution in [2.45, 2.75) is 125 Å². The summed E-state index contributed by atoms with van der Waals surface area (Å²) in [6.07, 6.45) is 28.4. The van der Waals surface area contributed by atoms with Crippen molar-refractivity contribution >= 4 is 5.97 Å². The summed E-state index contributed by atoms with van der Waals surface area (Å²) in [5.74, 6) is -0.925. The largest absolute Gasteiger partial charge is 0.550 e. The van der Waals surface area contributed by atoms with Gasteiger partial charge in [-0.15, -0.1) is 0 Å². The SMILES string of the molecule is CC/C=C\C/C=C\C/C=C\CCCCCCCC(=O)[O-].CCC[N+](CCC)(CCC)CCC. The number of carbonyl (C=O) groups excluding carboxylic acids is 1. The number of hydrogen-bond donors (Lipinski definition) is 0. The Kier molecular flexibility index (Phi) is 27.6. The van der Waals surface area contributed by atoms with E-state index in [4.69, 9.17) is 0 Å². The maximum absolute atomic E-state index is 10.2. The number of allylic oxidation sites excluding steroid dienone is 6. The number of aliphatic carboxylic acids is 1. The fourth-order valence-corrected chi connectivity index (χ4v) is 4.46. The highest BCUT2D eigenvalue weighted by Gasteiger charge is 2.22. The third-order valence-corrected chi connectivity index (χ3v) is 5.82. The van der Waals surface area contributed by atoms with Crippen LogP contribution in [0.4, 0.5) is 0 Å². The van der Waals surface area contributed by atoms with Crippen molar-refractivity contribution in [1.82, 2.24) is 0 Å². The van der Waals surface area contributed by atoms with Crippen LogP contribution in [0.3, 0.4) is 0 Å². The molecule has 0 saturated carbocycles. The van der Waals surface area contributed by atoms with Crippen LogP contribution < -0.4 is 5.11 Å². The van der Waals surface area contributed by atoms with Gasteiger partial charge in [0.15, 0.2) is 0 Å². The van der Waals surface area contributed by atoms with Gasteiger partial charge in [-0.2, -0.15) is 0 Å². The molecule has 3 heteroatoms. The highest BCUT2D eigenvalue weighted by Crippen LogP contribution is 2.12. The van der Waals surface area contributed by atoms with Gasteiger partial charge in [0.2, 0.25) is 0 Å². The van der Waals surface area contributed by atoms with Crippen LogP contribution in [0.5, 0.6) is 0 Å². The molecule has 0 rings (SSSR count). The number of carbonyl (C=O) groups is 1. The van der Waals surface area contributed by atoms with Crippen molar-refractivity contribution in [3.05, 3.63) is 36.5 Å². The molecule has 194 valence electrons. The molecule has 3 nitrogen and oxygen atoms in total. The summed E-state index contributed by atoms with van der Waals surface area (Å²) in [6, 6.07) is 0. The molecule has 0 radical (unpaired) electrons. The predicted molar refractivity (Wildman–Crippen MR) is 145 cm³/mol. The zero-order valence-electron chi connectivity index (χ0n) is 23.0. The van der Waals surface area contributed by atoms with Crippen molar-refractivity contribution in [2.24, 2.45) is 0 Å². The summed E-state index contributed by atoms with van der Waals surface area (Å²) < 4.78 is 1.38. The molecule has 0 aliphatic carbocycles. The Balaban J connectivity index is 0. The van der Waals surface area contributed by atoms with Crippen LogP contribution in [0.25, 0.3) is 0 Å². The number of unbranched alkanes of at least 4 members (excludes halogenated alkanes) is 5. The Bertz CT molecular complexity index is 464. The van der Waals surface area contributed by atoms with Gasteiger partial charge in [-0.25, -0.2) is 0 Å². The zero-order valence-corrected chi connectivity index (χ0v) is 23.0. The molecule has 0 spiro atoms. The third kappa shape index (κ3) is 25.1. The molecule has 0 amide bonds. The molecule has 0 aliphatic heterocycles. The molecule has 33 heavy (non-hydrogen) atoms. The molecule has 0 N–H and O–H groups in total. The molecule has 0 heterocycles. The molecule has 0 bridgehead atoms. The molecule has 0 aromatic heterocycles. The first-order valence-electron chi connectivity index (χ1n) is 14.0. The van der Waals surface area contributed by atoms with Crippen molar-refractivity contribution in [3.8, 4) is 0 Å². The molecule has 0 atom stereocenters. The average molecular weight is 464 g/mol. The van der Waals surface area contributed by atoms with E-state index in [9.17, 15) is 9.90 Å². The van der Waals surface area contributed by atoms with E-state index in [-0.39, 0.29) is 6.42 Å². The van der Waals surface area contributed by atoms with Crippen LogP contribution in [0.15, 0.2) is 36.5 Å². The molecule has 0 aromatic rings. The maximum Gasteiger partial charge on any atom is 0.0783 e. The topological polar surface area (TPSA) is 40.1 Å². The van der Waals surface area contributed by atoms with Crippen LogP contribution in [0.2, 0.25) is 0 Å². The Morgan fingerprint density at radius 3 is 1.48 bits per heavy atom. The van der Waals surface area contributed by atoms with E-state index < -0.39 is 5.97 Å². The highest BCUT2D eigenvalue weighted by atomic mass is 16.4. The van der Waals surface area contributed by atoms with Crippen LogP contribution in [-0.4, -0.2) is 36.6 Å². The minimum Gasteiger partial charge on any atom is -0.550 e. The lowest BCUT2D eigenvalue weighted by atomic mass is 10.1. The predicted octanol–water partition coefficient (Wildman–Crippen LogP) is 7.77. The Morgan fingerprint density at radius 1 is 0.606 bits per heavy atom. The van der Waals surface area contributed by atoms with Crippen molar-refractivity contribution in [1.29, 1.82) is 0 Å². The first-order valence-corrected chi connectivity index (χ1v) is 14.0. The van der Waals surface area contributed by atoms with Crippen molar-refractivity contribution in [3.63, 3.8) is 0 Å². The Labute approximate surface area is 207 Å². The first kappa shape index (κ1) is 33.8. The Morgan fingerprint density at radius 2 is 1.03 bits per heavy atom. The number of quaternary nitrogens is 1. The van der Waals surface area contributed by atoms with E-state index in [0.29, 0.717) is 0 Å². The molecule has 0 unspecified atom stereocenters. The fourth-order valence-electron chi connectivity index (χ4n) is 4.46. The second-order valence-corrected chi connectivity index (χ2v) is 9.21. The first-order chi connectivity index (χ1) is 16.0. The van der Waals surface area contributed by atoms with Gasteiger partial charge < -0.3 is 14.4 Å². The van der Waals surface area contributed by atoms with E-state index in [1.54, 1.807) is 0 Å². The van der Waals surface area contributed by atoms with E-state index in [2.05, 4.69) is 71.1 Å². The smallest absolute Gasteiger partial charge is 0.0783 e. The lowest BCUT2D eigenvalue weighted by Crippen LogP contribution is -2.50. The lowest BCUT2D eigenvalue weighted by Gasteiger charge is -2.38. The van der Waals surface area contributed by atoms with Gasteiger partial charge >= 0.3 is 0 Å². The maximum atomic E-state index is 10.2. The highest BCUT2D eigenvalue weighted by molar-refractivity contribution is 5.64. The fraction of sp³-hybridized carbons (Fsp3) is 0.767. The normalized spacial score (nSPS) is 12.0. The van der Waals surface area contributed by atoms with Gasteiger partial charge in [0.05, 0.1) is 26.2 Å². The van der Waals surface area contributed by atoms with Crippen LogP contribution in [0.1, 0.15) is 125 Å². The summed E-state index contributed by atoms with van der Waals surface area (Å²) in [7, 11) is 0. The quantitative estimate of drug-likeness (QED) is 0.0990. The van der Waals surface area contributed by atoms with E-state index in [1.807, 2.05) is 0 Å². The summed E-state index contributed by atoms with van der Waals surface area (Å²) in [4.78, 5) is 10.2. The van der Waals surface area contributed by atoms with Gasteiger partial charge in [0, 0.05) is 5.97 Å². The monoisotopic (exact) mass is 463 g/mol. The molecule has 0 saturated heterocycles. The van der Waals surface area contributed by atoms with E-state index in [0.717, 1.165) is 44.9 Å². The summed E-state index contributed by atoms with van der Waals surface area (Å²) in [5.41, 5.74) is 0.